The van der Waals surface area contributed by atoms with E-state index < -0.39 is 0 Å². The van der Waals surface area contributed by atoms with E-state index in [0.717, 1.165) is 30.7 Å². The maximum Gasteiger partial charge on any atom is 0.0672 e. The first kappa shape index (κ1) is 8.66. The molecule has 0 unspecified atom stereocenters. The first-order chi connectivity index (χ1) is 7.43. The fraction of sp³-hybridized carbons (Fsp3) is 0.214. The molecule has 0 atom stereocenters. The van der Waals surface area contributed by atoms with Crippen molar-refractivity contribution in [2.45, 2.75) is 19.3 Å². The normalized spacial score (nSPS) is 18.4. The van der Waals surface area contributed by atoms with Gasteiger partial charge in [0.15, 0.2) is 0 Å². The van der Waals surface area contributed by atoms with Crippen LogP contribution in [0.1, 0.15) is 18.4 Å². The van der Waals surface area contributed by atoms with Crippen molar-refractivity contribution in [3.05, 3.63) is 53.6 Å². The summed E-state index contributed by atoms with van der Waals surface area (Å²) < 4.78 is 0. The van der Waals surface area contributed by atoms with Crippen LogP contribution in [0.3, 0.4) is 0 Å². The van der Waals surface area contributed by atoms with Crippen molar-refractivity contribution < 1.29 is 0 Å². The third-order valence-corrected chi connectivity index (χ3v) is 2.99. The largest absolute Gasteiger partial charge is 0.248 e. The van der Waals surface area contributed by atoms with E-state index in [4.69, 9.17) is 4.99 Å². The lowest BCUT2D eigenvalue weighted by Gasteiger charge is -2.09. The summed E-state index contributed by atoms with van der Waals surface area (Å²) in [5.74, 6) is 0. The molecule has 0 bridgehead atoms. The minimum absolute atomic E-state index is 1.02. The summed E-state index contributed by atoms with van der Waals surface area (Å²) in [4.78, 5) is 4.72. The predicted molar refractivity (Wildman–Crippen MR) is 63.7 cm³/mol. The number of rotatable bonds is 0. The van der Waals surface area contributed by atoms with Gasteiger partial charge in [-0.05, 0) is 42.5 Å². The number of fused-ring (bicyclic) bond motifs is 2. The van der Waals surface area contributed by atoms with Crippen molar-refractivity contribution in [1.82, 2.24) is 0 Å². The van der Waals surface area contributed by atoms with Crippen molar-refractivity contribution in [1.29, 1.82) is 0 Å². The van der Waals surface area contributed by atoms with Crippen molar-refractivity contribution in [3.8, 4) is 0 Å². The Kier molecular flexibility index (Phi) is 2.02. The number of allylic oxidation sites excluding steroid dienone is 4. The molecule has 0 spiro atoms. The second-order valence-corrected chi connectivity index (χ2v) is 4.00. The summed E-state index contributed by atoms with van der Waals surface area (Å²) in [5, 5.41) is 0. The standard InChI is InChI=1S/C14H13N/c1-3-7-13-11(5-1)9-10-12-6-2-4-8-14(12)15-13/h1,3-5,7-8,10H,2,6,9H2. The SMILES string of the molecule is C1=CC2=Nc3ccccc3CC=C2CC1. The number of nitrogens with zero attached hydrogens (tertiary/aromatic N) is 1. The van der Waals surface area contributed by atoms with Crippen molar-refractivity contribution in [3.63, 3.8) is 0 Å². The smallest absolute Gasteiger partial charge is 0.0672 e. The van der Waals surface area contributed by atoms with E-state index in [2.05, 4.69) is 42.5 Å². The summed E-state index contributed by atoms with van der Waals surface area (Å²) in [5.41, 5.74) is 5.03. The van der Waals surface area contributed by atoms with Crippen LogP contribution in [0.2, 0.25) is 0 Å². The second kappa shape index (κ2) is 3.50. The van der Waals surface area contributed by atoms with E-state index in [9.17, 15) is 0 Å². The molecule has 1 aliphatic carbocycles. The molecule has 1 aromatic carbocycles. The van der Waals surface area contributed by atoms with Gasteiger partial charge >= 0.3 is 0 Å². The van der Waals surface area contributed by atoms with Gasteiger partial charge in [-0.2, -0.15) is 0 Å². The molecule has 0 radical (unpaired) electrons. The number of benzene rings is 1. The zero-order chi connectivity index (χ0) is 10.1. The second-order valence-electron chi connectivity index (χ2n) is 4.00. The van der Waals surface area contributed by atoms with Crippen LogP contribution in [-0.2, 0) is 6.42 Å². The van der Waals surface area contributed by atoms with Gasteiger partial charge in [-0.1, -0.05) is 30.4 Å². The highest BCUT2D eigenvalue weighted by Crippen LogP contribution is 2.27. The maximum atomic E-state index is 4.72. The van der Waals surface area contributed by atoms with Crippen molar-refractivity contribution >= 4 is 11.4 Å². The lowest BCUT2D eigenvalue weighted by Crippen LogP contribution is -2.02. The van der Waals surface area contributed by atoms with Gasteiger partial charge in [0.1, 0.15) is 0 Å². The Balaban J connectivity index is 2.15. The summed E-state index contributed by atoms with van der Waals surface area (Å²) in [6.45, 7) is 0. The van der Waals surface area contributed by atoms with Gasteiger partial charge in [-0.3, -0.25) is 0 Å². The quantitative estimate of drug-likeness (QED) is 0.600. The summed E-state index contributed by atoms with van der Waals surface area (Å²) >= 11 is 0. The molecule has 1 aromatic rings. The topological polar surface area (TPSA) is 12.4 Å². The van der Waals surface area contributed by atoms with Gasteiger partial charge < -0.3 is 0 Å². The first-order valence-corrected chi connectivity index (χ1v) is 5.46. The van der Waals surface area contributed by atoms with Crippen LogP contribution in [0.25, 0.3) is 0 Å². The first-order valence-electron chi connectivity index (χ1n) is 5.46. The van der Waals surface area contributed by atoms with E-state index in [-0.39, 0.29) is 0 Å². The highest BCUT2D eigenvalue weighted by molar-refractivity contribution is 6.10. The molecular formula is C14H13N. The Bertz CT molecular complexity index is 478. The Labute approximate surface area is 89.9 Å². The maximum absolute atomic E-state index is 4.72. The lowest BCUT2D eigenvalue weighted by molar-refractivity contribution is 0.999. The molecule has 74 valence electrons. The zero-order valence-corrected chi connectivity index (χ0v) is 8.61. The number of hydrogen-bond donors (Lipinski definition) is 0. The third kappa shape index (κ3) is 1.54. The highest BCUT2D eigenvalue weighted by Gasteiger charge is 2.12. The van der Waals surface area contributed by atoms with Crippen LogP contribution in [0.4, 0.5) is 5.69 Å². The molecule has 0 N–H and O–H groups in total. The summed E-state index contributed by atoms with van der Waals surface area (Å²) in [6.07, 6.45) is 10.0. The van der Waals surface area contributed by atoms with Crippen LogP contribution >= 0.6 is 0 Å². The molecule has 0 amide bonds. The molecule has 0 aromatic heterocycles. The Hall–Kier alpha value is -1.63. The minimum atomic E-state index is 1.02. The molecule has 1 heteroatoms. The van der Waals surface area contributed by atoms with Gasteiger partial charge in [-0.15, -0.1) is 0 Å². The fourth-order valence-electron chi connectivity index (χ4n) is 2.14. The van der Waals surface area contributed by atoms with E-state index in [1.807, 2.05) is 0 Å². The Morgan fingerprint density at radius 2 is 2.07 bits per heavy atom. The van der Waals surface area contributed by atoms with Gasteiger partial charge in [0.25, 0.3) is 0 Å². The Morgan fingerprint density at radius 1 is 1.13 bits per heavy atom. The van der Waals surface area contributed by atoms with Crippen LogP contribution in [-0.4, -0.2) is 5.71 Å². The van der Waals surface area contributed by atoms with Gasteiger partial charge in [-0.25, -0.2) is 4.99 Å². The van der Waals surface area contributed by atoms with Gasteiger partial charge in [0, 0.05) is 0 Å². The summed E-state index contributed by atoms with van der Waals surface area (Å²) in [7, 11) is 0. The zero-order valence-electron chi connectivity index (χ0n) is 8.61. The van der Waals surface area contributed by atoms with E-state index >= 15 is 0 Å². The average Bonchev–Trinajstić information content (AvgIpc) is 2.48. The van der Waals surface area contributed by atoms with Crippen molar-refractivity contribution in [2.75, 3.05) is 0 Å². The lowest BCUT2D eigenvalue weighted by atomic mass is 9.98. The minimum Gasteiger partial charge on any atom is -0.248 e. The molecule has 0 saturated carbocycles. The molecule has 0 fully saturated rings. The molecule has 0 saturated heterocycles. The molecule has 15 heavy (non-hydrogen) atoms. The van der Waals surface area contributed by atoms with Crippen LogP contribution in [0.5, 0.6) is 0 Å². The predicted octanol–water partition coefficient (Wildman–Crippen LogP) is 3.59. The number of hydrogen-bond acceptors (Lipinski definition) is 1. The fourth-order valence-corrected chi connectivity index (χ4v) is 2.14. The third-order valence-electron chi connectivity index (χ3n) is 2.99. The van der Waals surface area contributed by atoms with Crippen LogP contribution in [0.15, 0.2) is 53.1 Å². The number of aliphatic imine (C=N–C) groups is 1. The van der Waals surface area contributed by atoms with Crippen LogP contribution < -0.4 is 0 Å². The molecule has 2 aliphatic rings. The summed E-state index contributed by atoms with van der Waals surface area (Å²) in [6, 6.07) is 8.40. The van der Waals surface area contributed by atoms with Gasteiger partial charge in [0.2, 0.25) is 0 Å². The van der Waals surface area contributed by atoms with Gasteiger partial charge in [0.05, 0.1) is 11.4 Å². The number of para-hydroxylation sites is 1. The average molecular weight is 195 g/mol. The molecule has 3 rings (SSSR count). The highest BCUT2D eigenvalue weighted by atomic mass is 14.8. The monoisotopic (exact) mass is 195 g/mol. The molecule has 1 aliphatic heterocycles. The Morgan fingerprint density at radius 3 is 3.07 bits per heavy atom. The van der Waals surface area contributed by atoms with Crippen LogP contribution in [0, 0.1) is 0 Å². The van der Waals surface area contributed by atoms with E-state index in [1.165, 1.54) is 11.1 Å². The molecular weight excluding hydrogens is 182 g/mol. The molecule has 1 heterocycles. The molecule has 1 nitrogen and oxygen atoms in total. The van der Waals surface area contributed by atoms with Crippen molar-refractivity contribution in [2.24, 2.45) is 4.99 Å². The van der Waals surface area contributed by atoms with E-state index in [1.54, 1.807) is 0 Å². The van der Waals surface area contributed by atoms with E-state index in [0.29, 0.717) is 0 Å².